The van der Waals surface area contributed by atoms with Gasteiger partial charge in [0.15, 0.2) is 0 Å². The zero-order valence-corrected chi connectivity index (χ0v) is 15.9. The Bertz CT molecular complexity index is 1020. The highest BCUT2D eigenvalue weighted by molar-refractivity contribution is 6.04. The first-order valence-corrected chi connectivity index (χ1v) is 8.76. The number of nitrogens with zero attached hydrogens (tertiary/aromatic N) is 2. The Kier molecular flexibility index (Phi) is 5.64. The van der Waals surface area contributed by atoms with Crippen molar-refractivity contribution in [2.75, 3.05) is 16.0 Å². The second kappa shape index (κ2) is 8.30. The molecule has 3 rings (SSSR count). The van der Waals surface area contributed by atoms with E-state index in [1.807, 2.05) is 25.1 Å². The quantitative estimate of drug-likeness (QED) is 0.625. The van der Waals surface area contributed by atoms with Crippen LogP contribution in [0.15, 0.2) is 54.9 Å². The smallest absolute Gasteiger partial charge is 0.258 e. The average molecular weight is 375 g/mol. The molecule has 0 saturated heterocycles. The van der Waals surface area contributed by atoms with Gasteiger partial charge in [0.2, 0.25) is 11.9 Å². The Morgan fingerprint density at radius 3 is 2.14 bits per heavy atom. The van der Waals surface area contributed by atoms with E-state index in [0.717, 1.165) is 5.69 Å². The molecule has 3 aromatic rings. The number of aryl methyl sites for hydroxylation is 2. The summed E-state index contributed by atoms with van der Waals surface area (Å²) in [7, 11) is 0. The van der Waals surface area contributed by atoms with Crippen LogP contribution in [0.5, 0.6) is 0 Å². The van der Waals surface area contributed by atoms with Crippen LogP contribution in [0.25, 0.3) is 0 Å². The van der Waals surface area contributed by atoms with Crippen molar-refractivity contribution in [1.29, 1.82) is 0 Å². The molecule has 0 spiro atoms. The van der Waals surface area contributed by atoms with Crippen molar-refractivity contribution in [3.8, 4) is 0 Å². The third kappa shape index (κ3) is 4.91. The van der Waals surface area contributed by atoms with E-state index < -0.39 is 0 Å². The van der Waals surface area contributed by atoms with Crippen molar-refractivity contribution in [3.05, 3.63) is 71.5 Å². The van der Waals surface area contributed by atoms with Gasteiger partial charge in [-0.3, -0.25) is 9.59 Å². The minimum Gasteiger partial charge on any atom is -0.326 e. The van der Waals surface area contributed by atoms with Gasteiger partial charge in [0.25, 0.3) is 5.91 Å². The Morgan fingerprint density at radius 1 is 0.821 bits per heavy atom. The van der Waals surface area contributed by atoms with Crippen molar-refractivity contribution in [3.63, 3.8) is 0 Å². The maximum absolute atomic E-state index is 12.4. The summed E-state index contributed by atoms with van der Waals surface area (Å²) in [5.41, 5.74) is 4.76. The topological polar surface area (TPSA) is 96.0 Å². The SMILES string of the molecule is CC(=O)Nc1cccc(NC(=O)c2cnc(Nc3ccc(C)c(C)c3)nc2)c1. The van der Waals surface area contributed by atoms with Gasteiger partial charge in [-0.1, -0.05) is 12.1 Å². The second-order valence-corrected chi connectivity index (χ2v) is 6.44. The molecular weight excluding hydrogens is 354 g/mol. The summed E-state index contributed by atoms with van der Waals surface area (Å²) >= 11 is 0. The Labute approximate surface area is 163 Å². The van der Waals surface area contributed by atoms with Crippen molar-refractivity contribution < 1.29 is 9.59 Å². The molecule has 0 unspecified atom stereocenters. The van der Waals surface area contributed by atoms with E-state index in [1.165, 1.54) is 30.4 Å². The van der Waals surface area contributed by atoms with E-state index in [-0.39, 0.29) is 11.8 Å². The van der Waals surface area contributed by atoms with Gasteiger partial charge in [-0.15, -0.1) is 0 Å². The molecule has 0 saturated carbocycles. The molecule has 0 aliphatic carbocycles. The number of carbonyl (C=O) groups excluding carboxylic acids is 2. The molecule has 2 aromatic carbocycles. The van der Waals surface area contributed by atoms with Crippen LogP contribution >= 0.6 is 0 Å². The van der Waals surface area contributed by atoms with Gasteiger partial charge in [0.05, 0.1) is 5.56 Å². The normalized spacial score (nSPS) is 10.2. The third-order valence-corrected chi connectivity index (χ3v) is 4.12. The molecule has 7 nitrogen and oxygen atoms in total. The van der Waals surface area contributed by atoms with Crippen LogP contribution in [0.4, 0.5) is 23.0 Å². The van der Waals surface area contributed by atoms with Gasteiger partial charge >= 0.3 is 0 Å². The fourth-order valence-electron chi connectivity index (χ4n) is 2.54. The predicted octanol–water partition coefficient (Wildman–Crippen LogP) is 4.05. The monoisotopic (exact) mass is 375 g/mol. The molecule has 0 bridgehead atoms. The number of benzene rings is 2. The summed E-state index contributed by atoms with van der Waals surface area (Å²) in [6.45, 7) is 5.51. The van der Waals surface area contributed by atoms with Crippen LogP contribution < -0.4 is 16.0 Å². The van der Waals surface area contributed by atoms with Crippen molar-refractivity contribution >= 4 is 34.8 Å². The zero-order chi connectivity index (χ0) is 20.1. The van der Waals surface area contributed by atoms with Crippen LogP contribution in [0.1, 0.15) is 28.4 Å². The van der Waals surface area contributed by atoms with E-state index in [1.54, 1.807) is 24.3 Å². The molecular formula is C21H21N5O2. The summed E-state index contributed by atoms with van der Waals surface area (Å²) < 4.78 is 0. The standard InChI is InChI=1S/C21H21N5O2/c1-13-7-8-19(9-14(13)2)26-21-22-11-16(12-23-21)20(28)25-18-6-4-5-17(10-18)24-15(3)27/h4-12H,1-3H3,(H,24,27)(H,25,28)(H,22,23,26). The van der Waals surface area contributed by atoms with E-state index in [2.05, 4.69) is 32.8 Å². The van der Waals surface area contributed by atoms with Gasteiger partial charge in [-0.2, -0.15) is 0 Å². The fraction of sp³-hybridized carbons (Fsp3) is 0.143. The molecule has 3 N–H and O–H groups in total. The molecule has 7 heteroatoms. The lowest BCUT2D eigenvalue weighted by molar-refractivity contribution is -0.114. The molecule has 0 atom stereocenters. The van der Waals surface area contributed by atoms with E-state index >= 15 is 0 Å². The lowest BCUT2D eigenvalue weighted by Gasteiger charge is -2.09. The number of nitrogens with one attached hydrogen (secondary N) is 3. The summed E-state index contributed by atoms with van der Waals surface area (Å²) in [6, 6.07) is 12.9. The third-order valence-electron chi connectivity index (χ3n) is 4.12. The highest BCUT2D eigenvalue weighted by Gasteiger charge is 2.09. The molecule has 2 amide bonds. The largest absolute Gasteiger partial charge is 0.326 e. The molecule has 142 valence electrons. The highest BCUT2D eigenvalue weighted by atomic mass is 16.2. The molecule has 1 aromatic heterocycles. The van der Waals surface area contributed by atoms with Crippen molar-refractivity contribution in [1.82, 2.24) is 9.97 Å². The van der Waals surface area contributed by atoms with Gasteiger partial charge in [-0.05, 0) is 55.3 Å². The highest BCUT2D eigenvalue weighted by Crippen LogP contribution is 2.18. The van der Waals surface area contributed by atoms with Gasteiger partial charge in [0.1, 0.15) is 0 Å². The lowest BCUT2D eigenvalue weighted by atomic mass is 10.1. The maximum Gasteiger partial charge on any atom is 0.258 e. The molecule has 1 heterocycles. The summed E-state index contributed by atoms with van der Waals surface area (Å²) in [6.07, 6.45) is 2.92. The fourth-order valence-corrected chi connectivity index (χ4v) is 2.54. The number of anilines is 4. The lowest BCUT2D eigenvalue weighted by Crippen LogP contribution is -2.13. The average Bonchev–Trinajstić information content (AvgIpc) is 2.65. The van der Waals surface area contributed by atoms with Crippen LogP contribution in [-0.2, 0) is 4.79 Å². The Balaban J connectivity index is 1.66. The molecule has 0 fully saturated rings. The first-order chi connectivity index (χ1) is 13.4. The van der Waals surface area contributed by atoms with Gasteiger partial charge in [-0.25, -0.2) is 9.97 Å². The predicted molar refractivity (Wildman–Crippen MR) is 110 cm³/mol. The van der Waals surface area contributed by atoms with Gasteiger partial charge in [0, 0.05) is 36.4 Å². The molecule has 0 aliphatic heterocycles. The first-order valence-electron chi connectivity index (χ1n) is 8.76. The van der Waals surface area contributed by atoms with E-state index in [0.29, 0.717) is 22.9 Å². The number of hydrogen-bond donors (Lipinski definition) is 3. The van der Waals surface area contributed by atoms with Crippen LogP contribution in [0, 0.1) is 13.8 Å². The van der Waals surface area contributed by atoms with E-state index in [4.69, 9.17) is 0 Å². The Hall–Kier alpha value is -3.74. The zero-order valence-electron chi connectivity index (χ0n) is 15.9. The maximum atomic E-state index is 12.4. The molecule has 0 radical (unpaired) electrons. The van der Waals surface area contributed by atoms with Crippen LogP contribution in [0.2, 0.25) is 0 Å². The molecule has 0 aliphatic rings. The number of aromatic nitrogens is 2. The number of carbonyl (C=O) groups is 2. The van der Waals surface area contributed by atoms with E-state index in [9.17, 15) is 9.59 Å². The summed E-state index contributed by atoms with van der Waals surface area (Å²) in [4.78, 5) is 32.0. The van der Waals surface area contributed by atoms with Gasteiger partial charge < -0.3 is 16.0 Å². The second-order valence-electron chi connectivity index (χ2n) is 6.44. The number of amides is 2. The van der Waals surface area contributed by atoms with Crippen molar-refractivity contribution in [2.45, 2.75) is 20.8 Å². The minimum absolute atomic E-state index is 0.177. The van der Waals surface area contributed by atoms with Crippen LogP contribution in [0.3, 0.4) is 0 Å². The first kappa shape index (κ1) is 19.0. The van der Waals surface area contributed by atoms with Crippen LogP contribution in [-0.4, -0.2) is 21.8 Å². The Morgan fingerprint density at radius 2 is 1.50 bits per heavy atom. The summed E-state index contributed by atoms with van der Waals surface area (Å²) in [5.74, 6) is -0.103. The molecule has 28 heavy (non-hydrogen) atoms. The number of hydrogen-bond acceptors (Lipinski definition) is 5. The van der Waals surface area contributed by atoms with Crippen molar-refractivity contribution in [2.24, 2.45) is 0 Å². The minimum atomic E-state index is -0.335. The number of rotatable bonds is 5. The summed E-state index contributed by atoms with van der Waals surface area (Å²) in [5, 5.41) is 8.56.